The van der Waals surface area contributed by atoms with Gasteiger partial charge in [-0.1, -0.05) is 48.0 Å². The molecule has 0 radical (unpaired) electrons. The number of piperazine rings is 1. The van der Waals surface area contributed by atoms with Gasteiger partial charge in [-0.2, -0.15) is 14.1 Å². The summed E-state index contributed by atoms with van der Waals surface area (Å²) in [6.07, 6.45) is 3.82. The molecule has 1 saturated carbocycles. The van der Waals surface area contributed by atoms with E-state index in [0.29, 0.717) is 55.1 Å². The summed E-state index contributed by atoms with van der Waals surface area (Å²) in [5.74, 6) is 0.684. The molecule has 2 aliphatic rings. The van der Waals surface area contributed by atoms with Crippen molar-refractivity contribution in [2.45, 2.75) is 18.6 Å². The maximum absolute atomic E-state index is 13.4. The van der Waals surface area contributed by atoms with Crippen LogP contribution in [-0.2, 0) is 15.8 Å². The number of nitrogens with zero attached hydrogens (tertiary/aromatic N) is 4. The number of sulfonamides is 1. The lowest BCUT2D eigenvalue weighted by Crippen LogP contribution is -2.49. The molecule has 1 aliphatic heterocycles. The van der Waals surface area contributed by atoms with E-state index in [1.807, 2.05) is 35.2 Å². The normalized spacial score (nSPS) is 16.9. The van der Waals surface area contributed by atoms with Gasteiger partial charge in [0.05, 0.1) is 24.2 Å². The molecular formula is C25H27ClN4O4S. The molecule has 3 aromatic rings. The first-order valence-corrected chi connectivity index (χ1v) is 13.7. The van der Waals surface area contributed by atoms with E-state index in [0.717, 1.165) is 18.4 Å². The molecule has 2 fully saturated rings. The summed E-state index contributed by atoms with van der Waals surface area (Å²) < 4.78 is 34.7. The fraction of sp³-hybridized carbons (Fsp3) is 0.360. The van der Waals surface area contributed by atoms with Crippen molar-refractivity contribution < 1.29 is 13.2 Å². The Kier molecular flexibility index (Phi) is 6.82. The highest BCUT2D eigenvalue weighted by Crippen LogP contribution is 2.32. The van der Waals surface area contributed by atoms with Gasteiger partial charge in [-0.3, -0.25) is 4.79 Å². The van der Waals surface area contributed by atoms with E-state index in [2.05, 4.69) is 5.10 Å². The number of ether oxygens (including phenoxy) is 1. The SMILES string of the molecule is O=c1c(OCC2CC2)c(N2CCN(S(=O)(=O)Cc3ccccc3)CC2)cnn1-c1cccc(Cl)c1. The maximum Gasteiger partial charge on any atom is 0.316 e. The van der Waals surface area contributed by atoms with Gasteiger partial charge in [0.2, 0.25) is 15.8 Å². The minimum absolute atomic E-state index is 0.0270. The molecule has 35 heavy (non-hydrogen) atoms. The van der Waals surface area contributed by atoms with Gasteiger partial charge in [-0.05, 0) is 42.5 Å². The average molecular weight is 515 g/mol. The fourth-order valence-corrected chi connectivity index (χ4v) is 5.85. The Labute approximate surface area is 209 Å². The van der Waals surface area contributed by atoms with Gasteiger partial charge in [-0.25, -0.2) is 8.42 Å². The van der Waals surface area contributed by atoms with Crippen LogP contribution < -0.4 is 15.2 Å². The van der Waals surface area contributed by atoms with Crippen molar-refractivity contribution in [3.05, 3.63) is 81.7 Å². The molecule has 1 aromatic heterocycles. The van der Waals surface area contributed by atoms with Crippen molar-refractivity contribution in [1.82, 2.24) is 14.1 Å². The topological polar surface area (TPSA) is 84.7 Å². The Morgan fingerprint density at radius 2 is 1.74 bits per heavy atom. The van der Waals surface area contributed by atoms with Crippen LogP contribution in [0.5, 0.6) is 5.75 Å². The molecule has 0 N–H and O–H groups in total. The third-order valence-electron chi connectivity index (χ3n) is 6.29. The zero-order valence-corrected chi connectivity index (χ0v) is 20.8. The monoisotopic (exact) mass is 514 g/mol. The Bertz CT molecular complexity index is 1350. The first-order valence-electron chi connectivity index (χ1n) is 11.7. The highest BCUT2D eigenvalue weighted by atomic mass is 35.5. The van der Waals surface area contributed by atoms with E-state index in [4.69, 9.17) is 16.3 Å². The largest absolute Gasteiger partial charge is 0.486 e. The molecule has 5 rings (SSSR count). The quantitative estimate of drug-likeness (QED) is 0.458. The van der Waals surface area contributed by atoms with Gasteiger partial charge >= 0.3 is 5.56 Å². The number of benzene rings is 2. The number of anilines is 1. The van der Waals surface area contributed by atoms with Crippen LogP contribution in [0.2, 0.25) is 5.02 Å². The summed E-state index contributed by atoms with van der Waals surface area (Å²) >= 11 is 6.12. The van der Waals surface area contributed by atoms with E-state index in [1.165, 1.54) is 8.99 Å². The summed E-state index contributed by atoms with van der Waals surface area (Å²) in [5, 5.41) is 4.89. The second kappa shape index (κ2) is 10.0. The maximum atomic E-state index is 13.4. The van der Waals surface area contributed by atoms with Crippen LogP contribution in [0.4, 0.5) is 5.69 Å². The third-order valence-corrected chi connectivity index (χ3v) is 8.38. The van der Waals surface area contributed by atoms with Crippen molar-refractivity contribution in [1.29, 1.82) is 0 Å². The Balaban J connectivity index is 1.36. The predicted molar refractivity (Wildman–Crippen MR) is 136 cm³/mol. The average Bonchev–Trinajstić information content (AvgIpc) is 3.68. The molecule has 2 aromatic carbocycles. The van der Waals surface area contributed by atoms with Gasteiger partial charge in [-0.15, -0.1) is 0 Å². The second-order valence-corrected chi connectivity index (χ2v) is 11.3. The van der Waals surface area contributed by atoms with Crippen LogP contribution in [0.1, 0.15) is 18.4 Å². The molecule has 1 aliphatic carbocycles. The lowest BCUT2D eigenvalue weighted by Gasteiger charge is -2.35. The van der Waals surface area contributed by atoms with Gasteiger partial charge < -0.3 is 9.64 Å². The zero-order chi connectivity index (χ0) is 24.4. The number of aromatic nitrogens is 2. The van der Waals surface area contributed by atoms with Crippen molar-refractivity contribution in [3.63, 3.8) is 0 Å². The molecule has 0 amide bonds. The molecule has 0 unspecified atom stereocenters. The minimum Gasteiger partial charge on any atom is -0.486 e. The van der Waals surface area contributed by atoms with Crippen LogP contribution in [-0.4, -0.2) is 55.3 Å². The molecule has 8 nitrogen and oxygen atoms in total. The molecular weight excluding hydrogens is 488 g/mol. The number of hydrogen-bond acceptors (Lipinski definition) is 6. The first kappa shape index (κ1) is 23.8. The highest BCUT2D eigenvalue weighted by Gasteiger charge is 2.30. The Morgan fingerprint density at radius 3 is 2.43 bits per heavy atom. The summed E-state index contributed by atoms with van der Waals surface area (Å²) in [6, 6.07) is 16.1. The molecule has 1 saturated heterocycles. The van der Waals surface area contributed by atoms with E-state index < -0.39 is 10.0 Å². The Morgan fingerprint density at radius 1 is 1.00 bits per heavy atom. The smallest absolute Gasteiger partial charge is 0.316 e. The van der Waals surface area contributed by atoms with Gasteiger partial charge in [0.25, 0.3) is 0 Å². The van der Waals surface area contributed by atoms with E-state index in [9.17, 15) is 13.2 Å². The van der Waals surface area contributed by atoms with Crippen molar-refractivity contribution in [2.24, 2.45) is 5.92 Å². The van der Waals surface area contributed by atoms with Gasteiger partial charge in [0.1, 0.15) is 5.69 Å². The summed E-state index contributed by atoms with van der Waals surface area (Å²) in [5.41, 5.74) is 1.56. The lowest BCUT2D eigenvalue weighted by atomic mass is 10.2. The fourth-order valence-electron chi connectivity index (χ4n) is 4.15. The summed E-state index contributed by atoms with van der Waals surface area (Å²) in [7, 11) is -3.44. The molecule has 0 spiro atoms. The van der Waals surface area contributed by atoms with Crippen LogP contribution in [0.25, 0.3) is 5.69 Å². The van der Waals surface area contributed by atoms with E-state index >= 15 is 0 Å². The van der Waals surface area contributed by atoms with Crippen LogP contribution in [0.15, 0.2) is 65.6 Å². The molecule has 0 bridgehead atoms. The first-order chi connectivity index (χ1) is 16.9. The van der Waals surface area contributed by atoms with Crippen molar-refractivity contribution >= 4 is 27.3 Å². The predicted octanol–water partition coefficient (Wildman–Crippen LogP) is 3.33. The van der Waals surface area contributed by atoms with Crippen molar-refractivity contribution in [2.75, 3.05) is 37.7 Å². The molecule has 0 atom stereocenters. The zero-order valence-electron chi connectivity index (χ0n) is 19.2. The third kappa shape index (κ3) is 5.52. The van der Waals surface area contributed by atoms with E-state index in [-0.39, 0.29) is 17.1 Å². The summed E-state index contributed by atoms with van der Waals surface area (Å²) in [6.45, 7) is 2.02. The second-order valence-electron chi connectivity index (χ2n) is 8.94. The molecule has 2 heterocycles. The van der Waals surface area contributed by atoms with Crippen molar-refractivity contribution in [3.8, 4) is 11.4 Å². The minimum atomic E-state index is -3.44. The molecule has 184 valence electrons. The number of halogens is 1. The van der Waals surface area contributed by atoms with Crippen LogP contribution in [0.3, 0.4) is 0 Å². The van der Waals surface area contributed by atoms with Crippen LogP contribution in [0, 0.1) is 5.92 Å². The van der Waals surface area contributed by atoms with E-state index in [1.54, 1.807) is 30.5 Å². The lowest BCUT2D eigenvalue weighted by molar-refractivity contribution is 0.292. The highest BCUT2D eigenvalue weighted by molar-refractivity contribution is 7.88. The van der Waals surface area contributed by atoms with Crippen LogP contribution >= 0.6 is 11.6 Å². The molecule has 10 heteroatoms. The van der Waals surface area contributed by atoms with Gasteiger partial charge in [0, 0.05) is 31.2 Å². The van der Waals surface area contributed by atoms with Gasteiger partial charge in [0.15, 0.2) is 0 Å². The Hall–Kier alpha value is -2.88. The number of hydrogen-bond donors (Lipinski definition) is 0. The number of rotatable bonds is 8. The summed E-state index contributed by atoms with van der Waals surface area (Å²) in [4.78, 5) is 15.4. The standard InChI is InChI=1S/C25H27ClN4O4S/c26-21-7-4-8-22(15-21)30-25(31)24(34-17-19-9-10-19)23(16-27-30)28-11-13-29(14-12-28)35(32,33)18-20-5-2-1-3-6-20/h1-8,15-16,19H,9-14,17-18H2.